The van der Waals surface area contributed by atoms with E-state index in [-0.39, 0.29) is 18.0 Å². The van der Waals surface area contributed by atoms with Gasteiger partial charge in [0.05, 0.1) is 23.1 Å². The molecule has 146 valence electrons. The molecule has 0 unspecified atom stereocenters. The van der Waals surface area contributed by atoms with Crippen molar-refractivity contribution in [3.63, 3.8) is 0 Å². The SMILES string of the molecule is Cc1nc2ccccc2c(=O)n1-c1ccc(C(=O)NCc2n[nH]c(=S)n2C)cc1. The third-order valence-corrected chi connectivity index (χ3v) is 5.08. The molecule has 8 nitrogen and oxygen atoms in total. The van der Waals surface area contributed by atoms with Gasteiger partial charge in [-0.3, -0.25) is 19.3 Å². The smallest absolute Gasteiger partial charge is 0.265 e. The van der Waals surface area contributed by atoms with Crippen molar-refractivity contribution in [2.24, 2.45) is 7.05 Å². The number of hydrogen-bond acceptors (Lipinski definition) is 5. The lowest BCUT2D eigenvalue weighted by Crippen LogP contribution is -2.25. The highest BCUT2D eigenvalue weighted by atomic mass is 32.1. The molecule has 9 heteroatoms. The highest BCUT2D eigenvalue weighted by Gasteiger charge is 2.12. The molecule has 0 aliphatic carbocycles. The lowest BCUT2D eigenvalue weighted by Gasteiger charge is -2.11. The largest absolute Gasteiger partial charge is 0.345 e. The number of carbonyl (C=O) groups excluding carboxylic acids is 1. The van der Waals surface area contributed by atoms with Gasteiger partial charge in [0.15, 0.2) is 10.6 Å². The number of hydrogen-bond donors (Lipinski definition) is 2. The van der Waals surface area contributed by atoms with E-state index >= 15 is 0 Å². The molecule has 0 radical (unpaired) electrons. The maximum atomic E-state index is 12.9. The summed E-state index contributed by atoms with van der Waals surface area (Å²) in [6, 6.07) is 14.0. The van der Waals surface area contributed by atoms with Crippen LogP contribution in [0.4, 0.5) is 0 Å². The molecular weight excluding hydrogens is 388 g/mol. The molecule has 0 saturated heterocycles. The Kier molecular flexibility index (Phi) is 4.81. The van der Waals surface area contributed by atoms with Gasteiger partial charge in [0.25, 0.3) is 11.5 Å². The molecule has 0 bridgehead atoms. The minimum atomic E-state index is -0.244. The van der Waals surface area contributed by atoms with Crippen LogP contribution in [-0.4, -0.2) is 30.2 Å². The number of rotatable bonds is 4. The summed E-state index contributed by atoms with van der Waals surface area (Å²) in [6.45, 7) is 2.03. The van der Waals surface area contributed by atoms with Gasteiger partial charge >= 0.3 is 0 Å². The van der Waals surface area contributed by atoms with Gasteiger partial charge in [0.1, 0.15) is 5.82 Å². The van der Waals surface area contributed by atoms with Crippen LogP contribution in [0.1, 0.15) is 22.0 Å². The zero-order valence-corrected chi connectivity index (χ0v) is 16.7. The number of H-pyrrole nitrogens is 1. The van der Waals surface area contributed by atoms with Gasteiger partial charge in [-0.25, -0.2) is 4.98 Å². The summed E-state index contributed by atoms with van der Waals surface area (Å²) in [5, 5.41) is 10.1. The van der Waals surface area contributed by atoms with E-state index in [0.29, 0.717) is 38.6 Å². The van der Waals surface area contributed by atoms with E-state index < -0.39 is 0 Å². The first-order chi connectivity index (χ1) is 14.0. The van der Waals surface area contributed by atoms with Crippen molar-refractivity contribution in [2.45, 2.75) is 13.5 Å². The van der Waals surface area contributed by atoms with Crippen molar-refractivity contribution in [3.8, 4) is 5.69 Å². The topological polar surface area (TPSA) is 97.6 Å². The van der Waals surface area contributed by atoms with E-state index in [1.807, 2.05) is 18.2 Å². The van der Waals surface area contributed by atoms with Crippen LogP contribution in [0.25, 0.3) is 16.6 Å². The van der Waals surface area contributed by atoms with Crippen LogP contribution in [0.5, 0.6) is 0 Å². The van der Waals surface area contributed by atoms with Crippen molar-refractivity contribution in [3.05, 3.63) is 80.9 Å². The van der Waals surface area contributed by atoms with Crippen LogP contribution in [0.2, 0.25) is 0 Å². The van der Waals surface area contributed by atoms with Crippen molar-refractivity contribution >= 4 is 29.0 Å². The number of fused-ring (bicyclic) bond motifs is 1. The number of amides is 1. The first-order valence-corrected chi connectivity index (χ1v) is 9.34. The van der Waals surface area contributed by atoms with Gasteiger partial charge in [0, 0.05) is 12.6 Å². The summed E-state index contributed by atoms with van der Waals surface area (Å²) in [6.07, 6.45) is 0. The molecule has 0 atom stereocenters. The van der Waals surface area contributed by atoms with Gasteiger partial charge in [-0.05, 0) is 55.5 Å². The number of aryl methyl sites for hydroxylation is 1. The van der Waals surface area contributed by atoms with Gasteiger partial charge in [-0.15, -0.1) is 0 Å². The summed E-state index contributed by atoms with van der Waals surface area (Å²) in [5.74, 6) is 0.965. The summed E-state index contributed by atoms with van der Waals surface area (Å²) >= 11 is 5.06. The first-order valence-electron chi connectivity index (χ1n) is 8.93. The summed E-state index contributed by atoms with van der Waals surface area (Å²) in [5.41, 5.74) is 1.65. The Hall–Kier alpha value is -3.59. The number of nitrogens with zero attached hydrogens (tertiary/aromatic N) is 4. The summed E-state index contributed by atoms with van der Waals surface area (Å²) in [7, 11) is 1.78. The Morgan fingerprint density at radius 2 is 1.90 bits per heavy atom. The number of aromatic amines is 1. The number of nitrogens with one attached hydrogen (secondary N) is 2. The second-order valence-corrected chi connectivity index (χ2v) is 6.94. The Balaban J connectivity index is 1.59. The van der Waals surface area contributed by atoms with Gasteiger partial charge in [-0.2, -0.15) is 5.10 Å². The van der Waals surface area contributed by atoms with Crippen molar-refractivity contribution in [2.75, 3.05) is 0 Å². The highest BCUT2D eigenvalue weighted by Crippen LogP contribution is 2.13. The summed E-state index contributed by atoms with van der Waals surface area (Å²) < 4.78 is 3.72. The molecule has 0 spiro atoms. The predicted molar refractivity (Wildman–Crippen MR) is 112 cm³/mol. The molecule has 0 fully saturated rings. The molecule has 2 heterocycles. The normalized spacial score (nSPS) is 11.0. The minimum Gasteiger partial charge on any atom is -0.345 e. The maximum Gasteiger partial charge on any atom is 0.265 e. The zero-order valence-electron chi connectivity index (χ0n) is 15.8. The third kappa shape index (κ3) is 3.47. The average Bonchev–Trinajstić information content (AvgIpc) is 3.04. The Morgan fingerprint density at radius 1 is 1.17 bits per heavy atom. The van der Waals surface area contributed by atoms with Gasteiger partial charge in [-0.1, -0.05) is 12.1 Å². The third-order valence-electron chi connectivity index (χ3n) is 4.71. The molecular formula is C20H18N6O2S. The average molecular weight is 406 g/mol. The summed E-state index contributed by atoms with van der Waals surface area (Å²) in [4.78, 5) is 29.8. The maximum absolute atomic E-state index is 12.9. The lowest BCUT2D eigenvalue weighted by molar-refractivity contribution is 0.0949. The Morgan fingerprint density at radius 3 is 2.59 bits per heavy atom. The molecule has 29 heavy (non-hydrogen) atoms. The van der Waals surface area contributed by atoms with Crippen LogP contribution in [0, 0.1) is 11.7 Å². The van der Waals surface area contributed by atoms with Crippen molar-refractivity contribution < 1.29 is 4.79 Å². The predicted octanol–water partition coefficient (Wildman–Crippen LogP) is 2.42. The quantitative estimate of drug-likeness (QED) is 0.507. The number of carbonyl (C=O) groups is 1. The Bertz CT molecular complexity index is 1330. The Labute approximate surface area is 170 Å². The minimum absolute atomic E-state index is 0.143. The second-order valence-electron chi connectivity index (χ2n) is 6.55. The number of aromatic nitrogens is 5. The fourth-order valence-electron chi connectivity index (χ4n) is 3.11. The molecule has 2 N–H and O–H groups in total. The van der Waals surface area contributed by atoms with E-state index in [1.165, 1.54) is 0 Å². The monoisotopic (exact) mass is 406 g/mol. The fourth-order valence-corrected chi connectivity index (χ4v) is 3.26. The lowest BCUT2D eigenvalue weighted by atomic mass is 10.2. The number of para-hydroxylation sites is 1. The molecule has 2 aromatic carbocycles. The molecule has 1 amide bonds. The second kappa shape index (κ2) is 7.44. The zero-order chi connectivity index (χ0) is 20.5. The van der Waals surface area contributed by atoms with Crippen molar-refractivity contribution in [1.82, 2.24) is 29.6 Å². The van der Waals surface area contributed by atoms with Crippen molar-refractivity contribution in [1.29, 1.82) is 0 Å². The molecule has 4 aromatic rings. The van der Waals surface area contributed by atoms with Crippen LogP contribution in [0.15, 0.2) is 53.3 Å². The van der Waals surface area contributed by atoms with Crippen LogP contribution in [-0.2, 0) is 13.6 Å². The molecule has 0 saturated carbocycles. The van der Waals surface area contributed by atoms with E-state index in [2.05, 4.69) is 20.5 Å². The molecule has 4 rings (SSSR count). The van der Waals surface area contributed by atoms with E-state index in [0.717, 1.165) is 0 Å². The van der Waals surface area contributed by atoms with Gasteiger partial charge < -0.3 is 9.88 Å². The fraction of sp³-hybridized carbons (Fsp3) is 0.150. The van der Waals surface area contributed by atoms with Crippen LogP contribution >= 0.6 is 12.2 Å². The standard InChI is InChI=1S/C20H18N6O2S/c1-12-22-16-6-4-3-5-15(16)19(28)26(12)14-9-7-13(8-10-14)18(27)21-11-17-23-24-20(29)25(17)2/h3-10H,11H2,1-2H3,(H,21,27)(H,24,29). The molecule has 2 aromatic heterocycles. The van der Waals surface area contributed by atoms with Gasteiger partial charge in [0.2, 0.25) is 0 Å². The van der Waals surface area contributed by atoms with E-state index in [1.54, 1.807) is 53.4 Å². The first kappa shape index (κ1) is 18.8. The number of benzene rings is 2. The molecule has 0 aliphatic rings. The van der Waals surface area contributed by atoms with Crippen LogP contribution in [0.3, 0.4) is 0 Å². The van der Waals surface area contributed by atoms with Crippen LogP contribution < -0.4 is 10.9 Å². The van der Waals surface area contributed by atoms with E-state index in [9.17, 15) is 9.59 Å². The molecule has 0 aliphatic heterocycles. The highest BCUT2D eigenvalue weighted by molar-refractivity contribution is 7.71. The van der Waals surface area contributed by atoms with E-state index in [4.69, 9.17) is 12.2 Å².